The van der Waals surface area contributed by atoms with Crippen molar-refractivity contribution in [1.82, 2.24) is 0 Å². The van der Waals surface area contributed by atoms with Gasteiger partial charge < -0.3 is 14.6 Å². The molecule has 9 heteroatoms. The molecule has 0 heterocycles. The third-order valence-corrected chi connectivity index (χ3v) is 6.54. The first-order valence-corrected chi connectivity index (χ1v) is 13.7. The number of alkyl halides is 6. The van der Waals surface area contributed by atoms with Gasteiger partial charge in [-0.3, -0.25) is 0 Å². The Morgan fingerprint density at radius 3 is 1.51 bits per heavy atom. The highest BCUT2D eigenvalue weighted by molar-refractivity contribution is 5.33. The van der Waals surface area contributed by atoms with Gasteiger partial charge in [-0.25, -0.2) is 0 Å². The maximum atomic E-state index is 13.1. The Morgan fingerprint density at radius 2 is 1.08 bits per heavy atom. The predicted molar refractivity (Wildman–Crippen MR) is 133 cm³/mol. The maximum absolute atomic E-state index is 13.1. The summed E-state index contributed by atoms with van der Waals surface area (Å²) in [5, 5.41) is 11.0. The topological polar surface area (TPSA) is 38.7 Å². The Bertz CT molecular complexity index is 710. The molecular weight excluding hydrogens is 498 g/mol. The summed E-state index contributed by atoms with van der Waals surface area (Å²) in [5.41, 5.74) is -2.52. The zero-order chi connectivity index (χ0) is 28.0. The Kier molecular flexibility index (Phi) is 15.1. The van der Waals surface area contributed by atoms with E-state index in [4.69, 9.17) is 9.47 Å². The molecule has 0 aromatic heterocycles. The SMILES string of the molecule is CCCCCCCCC(CCCCCCc1cc(C(F)(F)F)cc(C(F)(F)F)c1)C(O)(OCC)OCC. The number of hydrogen-bond acceptors (Lipinski definition) is 3. The lowest BCUT2D eigenvalue weighted by Gasteiger charge is -2.35. The van der Waals surface area contributed by atoms with E-state index in [-0.39, 0.29) is 24.0 Å². The van der Waals surface area contributed by atoms with Crippen LogP contribution in [0.15, 0.2) is 18.2 Å². The van der Waals surface area contributed by atoms with Crippen molar-refractivity contribution in [3.63, 3.8) is 0 Å². The van der Waals surface area contributed by atoms with Crippen LogP contribution in [0, 0.1) is 5.92 Å². The highest BCUT2D eigenvalue weighted by Crippen LogP contribution is 2.37. The first-order valence-electron chi connectivity index (χ1n) is 13.7. The molecule has 0 aliphatic heterocycles. The van der Waals surface area contributed by atoms with Crippen molar-refractivity contribution in [2.75, 3.05) is 13.2 Å². The molecule has 0 spiro atoms. The van der Waals surface area contributed by atoms with Crippen LogP contribution in [-0.4, -0.2) is 24.3 Å². The molecule has 1 aromatic carbocycles. The normalized spacial score (nSPS) is 13.8. The number of unbranched alkanes of at least 4 members (excludes halogenated alkanes) is 8. The quantitative estimate of drug-likeness (QED) is 0.108. The van der Waals surface area contributed by atoms with Crippen LogP contribution in [0.5, 0.6) is 0 Å². The van der Waals surface area contributed by atoms with Gasteiger partial charge in [-0.15, -0.1) is 0 Å². The molecule has 216 valence electrons. The third-order valence-electron chi connectivity index (χ3n) is 6.54. The summed E-state index contributed by atoms with van der Waals surface area (Å²) in [6, 6.07) is 1.76. The standard InChI is InChI=1S/C28H44F6O3/c1-4-7-8-9-10-14-17-23(28(35,36-5-2)37-6-3)18-15-12-11-13-16-22-19-24(26(29,30)31)21-25(20-22)27(32,33)34/h19-21,23,35H,4-18H2,1-3H3. The number of rotatable bonds is 19. The summed E-state index contributed by atoms with van der Waals surface area (Å²) < 4.78 is 89.6. The summed E-state index contributed by atoms with van der Waals surface area (Å²) in [6.07, 6.45) is 1.25. The predicted octanol–water partition coefficient (Wildman–Crippen LogP) is 9.30. The molecule has 0 saturated heterocycles. The van der Waals surface area contributed by atoms with Crippen LogP contribution >= 0.6 is 0 Å². The van der Waals surface area contributed by atoms with Crippen LogP contribution in [0.3, 0.4) is 0 Å². The van der Waals surface area contributed by atoms with E-state index in [0.717, 1.165) is 50.7 Å². The van der Waals surface area contributed by atoms with Crippen LogP contribution in [-0.2, 0) is 28.2 Å². The summed E-state index contributed by atoms with van der Waals surface area (Å²) in [4.78, 5) is 0. The molecule has 0 saturated carbocycles. The fraction of sp³-hybridized carbons (Fsp3) is 0.786. The van der Waals surface area contributed by atoms with Crippen molar-refractivity contribution in [2.24, 2.45) is 5.92 Å². The van der Waals surface area contributed by atoms with Crippen LogP contribution in [0.1, 0.15) is 115 Å². The minimum absolute atomic E-state index is 0.0326. The van der Waals surface area contributed by atoms with Crippen LogP contribution < -0.4 is 0 Å². The van der Waals surface area contributed by atoms with Gasteiger partial charge in [-0.1, -0.05) is 64.7 Å². The molecule has 1 aromatic rings. The van der Waals surface area contributed by atoms with Crippen molar-refractivity contribution in [3.05, 3.63) is 34.9 Å². The molecule has 0 fully saturated rings. The van der Waals surface area contributed by atoms with Crippen molar-refractivity contribution >= 4 is 0 Å². The average Bonchev–Trinajstić information content (AvgIpc) is 2.81. The molecule has 1 unspecified atom stereocenters. The number of halogens is 6. The number of aryl methyl sites for hydroxylation is 1. The van der Waals surface area contributed by atoms with Crippen LogP contribution in [0.25, 0.3) is 0 Å². The lowest BCUT2D eigenvalue weighted by atomic mass is 9.91. The second-order valence-corrected chi connectivity index (χ2v) is 9.62. The van der Waals surface area contributed by atoms with E-state index in [1.54, 1.807) is 13.8 Å². The maximum Gasteiger partial charge on any atom is 0.416 e. The second kappa shape index (κ2) is 16.6. The monoisotopic (exact) mass is 542 g/mol. The number of benzene rings is 1. The van der Waals surface area contributed by atoms with Crippen molar-refractivity contribution in [1.29, 1.82) is 0 Å². The van der Waals surface area contributed by atoms with Gasteiger partial charge in [-0.2, -0.15) is 26.3 Å². The number of aliphatic hydroxyl groups is 1. The van der Waals surface area contributed by atoms with Crippen molar-refractivity contribution in [2.45, 2.75) is 123 Å². The van der Waals surface area contributed by atoms with Gasteiger partial charge in [0.2, 0.25) is 0 Å². The first-order chi connectivity index (χ1) is 17.4. The molecule has 37 heavy (non-hydrogen) atoms. The molecule has 0 aliphatic carbocycles. The third kappa shape index (κ3) is 12.9. The molecule has 1 atom stereocenters. The summed E-state index contributed by atoms with van der Waals surface area (Å²) >= 11 is 0. The van der Waals surface area contributed by atoms with E-state index in [0.29, 0.717) is 32.5 Å². The smallest absolute Gasteiger partial charge is 0.343 e. The van der Waals surface area contributed by atoms with Crippen LogP contribution in [0.2, 0.25) is 0 Å². The highest BCUT2D eigenvalue weighted by atomic mass is 19.4. The fourth-order valence-electron chi connectivity index (χ4n) is 4.61. The zero-order valence-electron chi connectivity index (χ0n) is 22.4. The molecule has 3 nitrogen and oxygen atoms in total. The molecule has 0 aliphatic rings. The second-order valence-electron chi connectivity index (χ2n) is 9.62. The summed E-state index contributed by atoms with van der Waals surface area (Å²) in [7, 11) is 0. The van der Waals surface area contributed by atoms with Crippen molar-refractivity contribution in [3.8, 4) is 0 Å². The van der Waals surface area contributed by atoms with Gasteiger partial charge in [0.05, 0.1) is 11.1 Å². The Balaban J connectivity index is 2.65. The molecule has 0 radical (unpaired) electrons. The van der Waals surface area contributed by atoms with Gasteiger partial charge in [0.15, 0.2) is 0 Å². The van der Waals surface area contributed by atoms with E-state index in [9.17, 15) is 31.4 Å². The van der Waals surface area contributed by atoms with E-state index in [1.165, 1.54) is 19.3 Å². The van der Waals surface area contributed by atoms with Gasteiger partial charge in [0.1, 0.15) is 0 Å². The largest absolute Gasteiger partial charge is 0.416 e. The highest BCUT2D eigenvalue weighted by Gasteiger charge is 2.38. The Hall–Kier alpha value is -1.32. The van der Waals surface area contributed by atoms with Gasteiger partial charge in [0.25, 0.3) is 5.97 Å². The van der Waals surface area contributed by atoms with Gasteiger partial charge >= 0.3 is 12.4 Å². The van der Waals surface area contributed by atoms with Gasteiger partial charge in [-0.05, 0) is 63.3 Å². The molecule has 0 bridgehead atoms. The average molecular weight is 543 g/mol. The summed E-state index contributed by atoms with van der Waals surface area (Å²) in [6.45, 7) is 6.37. The lowest BCUT2D eigenvalue weighted by molar-refractivity contribution is -0.385. The minimum atomic E-state index is -4.83. The fourth-order valence-corrected chi connectivity index (χ4v) is 4.61. The number of ether oxygens (including phenoxy) is 2. The summed E-state index contributed by atoms with van der Waals surface area (Å²) in [5.74, 6) is -1.87. The lowest BCUT2D eigenvalue weighted by Crippen LogP contribution is -2.44. The zero-order valence-corrected chi connectivity index (χ0v) is 22.4. The number of hydrogen-bond donors (Lipinski definition) is 1. The van der Waals surface area contributed by atoms with E-state index in [1.807, 2.05) is 0 Å². The van der Waals surface area contributed by atoms with Crippen molar-refractivity contribution < 1.29 is 40.9 Å². The van der Waals surface area contributed by atoms with E-state index in [2.05, 4.69) is 6.92 Å². The Morgan fingerprint density at radius 1 is 0.649 bits per heavy atom. The first kappa shape index (κ1) is 33.7. The van der Waals surface area contributed by atoms with Crippen LogP contribution in [0.4, 0.5) is 26.3 Å². The molecule has 1 N–H and O–H groups in total. The molecule has 0 amide bonds. The van der Waals surface area contributed by atoms with E-state index < -0.39 is 29.5 Å². The van der Waals surface area contributed by atoms with Gasteiger partial charge in [0, 0.05) is 19.1 Å². The molecular formula is C28H44F6O3. The Labute approximate surface area is 217 Å². The van der Waals surface area contributed by atoms with E-state index >= 15 is 0 Å². The molecule has 1 rings (SSSR count). The minimum Gasteiger partial charge on any atom is -0.343 e.